The summed E-state index contributed by atoms with van der Waals surface area (Å²) in [5.41, 5.74) is 8.32. The third-order valence-electron chi connectivity index (χ3n) is 2.90. The van der Waals surface area contributed by atoms with Crippen molar-refractivity contribution >= 4 is 11.4 Å². The van der Waals surface area contributed by atoms with Crippen molar-refractivity contribution in [2.24, 2.45) is 0 Å². The maximum atomic E-state index is 13.2. The highest BCUT2D eigenvalue weighted by Gasteiger charge is 2.06. The summed E-state index contributed by atoms with van der Waals surface area (Å²) in [6.07, 6.45) is 0. The van der Waals surface area contributed by atoms with Crippen molar-refractivity contribution in [3.63, 3.8) is 0 Å². The monoisotopic (exact) mass is 255 g/mol. The molecule has 0 atom stereocenters. The van der Waals surface area contributed by atoms with Crippen LogP contribution in [0.3, 0.4) is 0 Å². The van der Waals surface area contributed by atoms with Crippen LogP contribution in [0.2, 0.25) is 0 Å². The number of halogens is 1. The van der Waals surface area contributed by atoms with Crippen LogP contribution in [0, 0.1) is 17.1 Å². The molecule has 0 saturated heterocycles. The molecule has 0 aromatic heterocycles. The summed E-state index contributed by atoms with van der Waals surface area (Å²) in [5, 5.41) is 8.81. The Bertz CT molecular complexity index is 614. The minimum Gasteiger partial charge on any atom is -0.399 e. The van der Waals surface area contributed by atoms with Gasteiger partial charge in [-0.15, -0.1) is 0 Å². The van der Waals surface area contributed by atoms with Gasteiger partial charge in [-0.25, -0.2) is 4.39 Å². The molecule has 2 rings (SSSR count). The van der Waals surface area contributed by atoms with Crippen molar-refractivity contribution in [1.29, 1.82) is 5.26 Å². The number of rotatable bonds is 3. The highest BCUT2D eigenvalue weighted by atomic mass is 19.1. The quantitative estimate of drug-likeness (QED) is 0.858. The molecule has 0 unspecified atom stereocenters. The SMILES string of the molecule is CN(Cc1ccc(F)c(C#N)c1)c1ccc(N)cc1. The predicted octanol–water partition coefficient (Wildman–Crippen LogP) is 2.92. The first-order chi connectivity index (χ1) is 9.10. The summed E-state index contributed by atoms with van der Waals surface area (Å²) < 4.78 is 13.2. The second-order valence-corrected chi connectivity index (χ2v) is 4.37. The highest BCUT2D eigenvalue weighted by molar-refractivity contribution is 5.53. The van der Waals surface area contributed by atoms with Crippen LogP contribution in [0.5, 0.6) is 0 Å². The summed E-state index contributed by atoms with van der Waals surface area (Å²) in [6, 6.07) is 13.9. The van der Waals surface area contributed by atoms with Gasteiger partial charge in [-0.2, -0.15) is 5.26 Å². The summed E-state index contributed by atoms with van der Waals surface area (Å²) in [6.45, 7) is 0.596. The van der Waals surface area contributed by atoms with Crippen molar-refractivity contribution in [3.8, 4) is 6.07 Å². The lowest BCUT2D eigenvalue weighted by Gasteiger charge is -2.19. The van der Waals surface area contributed by atoms with E-state index < -0.39 is 5.82 Å². The summed E-state index contributed by atoms with van der Waals surface area (Å²) in [7, 11) is 1.93. The molecule has 0 spiro atoms. The van der Waals surface area contributed by atoms with Crippen LogP contribution >= 0.6 is 0 Å². The molecular weight excluding hydrogens is 241 g/mol. The Balaban J connectivity index is 2.17. The Morgan fingerprint density at radius 3 is 2.53 bits per heavy atom. The van der Waals surface area contributed by atoms with E-state index in [1.165, 1.54) is 6.07 Å². The van der Waals surface area contributed by atoms with Crippen molar-refractivity contribution in [1.82, 2.24) is 0 Å². The van der Waals surface area contributed by atoms with Gasteiger partial charge in [0.2, 0.25) is 0 Å². The molecule has 0 amide bonds. The first-order valence-corrected chi connectivity index (χ1v) is 5.85. The van der Waals surface area contributed by atoms with E-state index in [4.69, 9.17) is 11.0 Å². The van der Waals surface area contributed by atoms with E-state index in [0.717, 1.165) is 11.3 Å². The third-order valence-corrected chi connectivity index (χ3v) is 2.90. The molecule has 0 heterocycles. The number of anilines is 2. The second kappa shape index (κ2) is 5.40. The number of nitrogen functional groups attached to an aromatic ring is 1. The average Bonchev–Trinajstić information content (AvgIpc) is 2.41. The topological polar surface area (TPSA) is 53.0 Å². The van der Waals surface area contributed by atoms with Crippen LogP contribution < -0.4 is 10.6 Å². The van der Waals surface area contributed by atoms with Crippen LogP contribution in [0.1, 0.15) is 11.1 Å². The third kappa shape index (κ3) is 3.02. The Hall–Kier alpha value is -2.54. The minimum absolute atomic E-state index is 0.0724. The maximum Gasteiger partial charge on any atom is 0.140 e. The van der Waals surface area contributed by atoms with E-state index in [1.54, 1.807) is 12.1 Å². The fraction of sp³-hybridized carbons (Fsp3) is 0.133. The highest BCUT2D eigenvalue weighted by Crippen LogP contribution is 2.18. The molecule has 0 fully saturated rings. The smallest absolute Gasteiger partial charge is 0.140 e. The van der Waals surface area contributed by atoms with Gasteiger partial charge in [0.25, 0.3) is 0 Å². The molecule has 3 nitrogen and oxygen atoms in total. The molecule has 2 N–H and O–H groups in total. The van der Waals surface area contributed by atoms with E-state index in [1.807, 2.05) is 42.3 Å². The minimum atomic E-state index is -0.485. The number of hydrogen-bond donors (Lipinski definition) is 1. The fourth-order valence-corrected chi connectivity index (χ4v) is 1.85. The molecule has 96 valence electrons. The van der Waals surface area contributed by atoms with Gasteiger partial charge < -0.3 is 10.6 Å². The molecule has 19 heavy (non-hydrogen) atoms. The Morgan fingerprint density at radius 1 is 1.21 bits per heavy atom. The fourth-order valence-electron chi connectivity index (χ4n) is 1.85. The van der Waals surface area contributed by atoms with Crippen LogP contribution in [-0.4, -0.2) is 7.05 Å². The first-order valence-electron chi connectivity index (χ1n) is 5.85. The molecule has 2 aromatic carbocycles. The number of nitriles is 1. The van der Waals surface area contributed by atoms with E-state index in [2.05, 4.69) is 0 Å². The van der Waals surface area contributed by atoms with Gasteiger partial charge in [-0.05, 0) is 42.0 Å². The molecule has 0 saturated carbocycles. The molecule has 2 aromatic rings. The number of benzene rings is 2. The van der Waals surface area contributed by atoms with E-state index in [-0.39, 0.29) is 5.56 Å². The van der Waals surface area contributed by atoms with Gasteiger partial charge in [-0.1, -0.05) is 6.07 Å². The molecule has 0 aliphatic heterocycles. The molecule has 0 aliphatic rings. The van der Waals surface area contributed by atoms with Gasteiger partial charge in [0.15, 0.2) is 0 Å². The standard InChI is InChI=1S/C15H14FN3/c1-19(14-5-3-13(18)4-6-14)10-11-2-7-15(16)12(8-11)9-17/h2-8H,10,18H2,1H3. The van der Waals surface area contributed by atoms with Gasteiger partial charge in [-0.3, -0.25) is 0 Å². The van der Waals surface area contributed by atoms with Crippen LogP contribution in [-0.2, 0) is 6.54 Å². The largest absolute Gasteiger partial charge is 0.399 e. The van der Waals surface area contributed by atoms with Crippen LogP contribution in [0.15, 0.2) is 42.5 Å². The van der Waals surface area contributed by atoms with Crippen molar-refractivity contribution in [2.45, 2.75) is 6.54 Å². The second-order valence-electron chi connectivity index (χ2n) is 4.37. The Labute approximate surface area is 111 Å². The van der Waals surface area contributed by atoms with Crippen LogP contribution in [0.25, 0.3) is 0 Å². The number of nitrogens with zero attached hydrogens (tertiary/aromatic N) is 2. The zero-order valence-electron chi connectivity index (χ0n) is 10.6. The van der Waals surface area contributed by atoms with Gasteiger partial charge in [0.05, 0.1) is 5.56 Å². The first kappa shape index (κ1) is 12.9. The van der Waals surface area contributed by atoms with E-state index >= 15 is 0 Å². The van der Waals surface area contributed by atoms with Gasteiger partial charge in [0, 0.05) is 25.0 Å². The molecule has 0 aliphatic carbocycles. The van der Waals surface area contributed by atoms with E-state index in [0.29, 0.717) is 12.2 Å². The van der Waals surface area contributed by atoms with Gasteiger partial charge in [0.1, 0.15) is 11.9 Å². The maximum absolute atomic E-state index is 13.2. The lowest BCUT2D eigenvalue weighted by atomic mass is 10.1. The Kier molecular flexibility index (Phi) is 3.67. The number of nitrogens with two attached hydrogens (primary N) is 1. The lowest BCUT2D eigenvalue weighted by Crippen LogP contribution is -2.16. The van der Waals surface area contributed by atoms with Crippen molar-refractivity contribution in [3.05, 3.63) is 59.4 Å². The number of hydrogen-bond acceptors (Lipinski definition) is 3. The average molecular weight is 255 g/mol. The molecule has 0 bridgehead atoms. The normalized spacial score (nSPS) is 9.95. The molecular formula is C15H14FN3. The zero-order valence-corrected chi connectivity index (χ0v) is 10.6. The van der Waals surface area contributed by atoms with Crippen LogP contribution in [0.4, 0.5) is 15.8 Å². The summed E-state index contributed by atoms with van der Waals surface area (Å²) >= 11 is 0. The van der Waals surface area contributed by atoms with Crippen molar-refractivity contribution < 1.29 is 4.39 Å². The lowest BCUT2D eigenvalue weighted by molar-refractivity contribution is 0.623. The van der Waals surface area contributed by atoms with E-state index in [9.17, 15) is 4.39 Å². The summed E-state index contributed by atoms with van der Waals surface area (Å²) in [5.74, 6) is -0.485. The molecule has 4 heteroatoms. The van der Waals surface area contributed by atoms with Gasteiger partial charge >= 0.3 is 0 Å². The van der Waals surface area contributed by atoms with Crippen molar-refractivity contribution in [2.75, 3.05) is 17.7 Å². The Morgan fingerprint density at radius 2 is 1.89 bits per heavy atom. The zero-order chi connectivity index (χ0) is 13.8. The molecule has 0 radical (unpaired) electrons. The predicted molar refractivity (Wildman–Crippen MR) is 74.1 cm³/mol. The summed E-state index contributed by atoms with van der Waals surface area (Å²) in [4.78, 5) is 2.01.